The van der Waals surface area contributed by atoms with Crippen LogP contribution >= 0.6 is 0 Å². The number of halogens is 2. The Hall–Kier alpha value is -2.24. The summed E-state index contributed by atoms with van der Waals surface area (Å²) in [6.45, 7) is 6.46. The van der Waals surface area contributed by atoms with Crippen molar-refractivity contribution in [3.05, 3.63) is 41.5 Å². The standard InChI is InChI=1S/C20H26F2N2O2/c1-4-5-16-12-24(18(10-13(2)3)20(26)23-16)19(25)9-7-14-6-8-15(21)11-17(14)22/h6-9,11,13,16,18H,4-5,10,12H2,1-3H3,(H,23,26)/t16-,18-/m0/s1. The van der Waals surface area contributed by atoms with Gasteiger partial charge >= 0.3 is 0 Å². The molecule has 1 aromatic rings. The molecule has 0 spiro atoms. The first-order valence-corrected chi connectivity index (χ1v) is 9.06. The second-order valence-corrected chi connectivity index (χ2v) is 7.13. The van der Waals surface area contributed by atoms with Gasteiger partial charge in [0.1, 0.15) is 17.7 Å². The Kier molecular flexibility index (Phi) is 6.89. The summed E-state index contributed by atoms with van der Waals surface area (Å²) in [6, 6.07) is 2.59. The SMILES string of the molecule is CCC[C@H]1CN(C(=O)C=Cc2ccc(F)cc2F)[C@@H](CC(C)C)C(=O)N1. The van der Waals surface area contributed by atoms with Crippen LogP contribution in [0.5, 0.6) is 0 Å². The van der Waals surface area contributed by atoms with Crippen LogP contribution < -0.4 is 5.32 Å². The predicted molar refractivity (Wildman–Crippen MR) is 97.2 cm³/mol. The lowest BCUT2D eigenvalue weighted by Gasteiger charge is -2.39. The first kappa shape index (κ1) is 20.1. The fourth-order valence-electron chi connectivity index (χ4n) is 3.18. The van der Waals surface area contributed by atoms with Gasteiger partial charge in [-0.2, -0.15) is 0 Å². The average Bonchev–Trinajstić information content (AvgIpc) is 2.56. The van der Waals surface area contributed by atoms with Crippen molar-refractivity contribution in [1.82, 2.24) is 10.2 Å². The molecule has 26 heavy (non-hydrogen) atoms. The number of benzene rings is 1. The number of amides is 2. The Labute approximate surface area is 153 Å². The van der Waals surface area contributed by atoms with Crippen LogP contribution in [0, 0.1) is 17.6 Å². The zero-order chi connectivity index (χ0) is 19.3. The molecule has 6 heteroatoms. The van der Waals surface area contributed by atoms with Crippen molar-refractivity contribution in [2.75, 3.05) is 6.54 Å². The lowest BCUT2D eigenvalue weighted by Crippen LogP contribution is -2.61. The van der Waals surface area contributed by atoms with Crippen molar-refractivity contribution < 1.29 is 18.4 Å². The molecule has 0 radical (unpaired) electrons. The molecule has 1 N–H and O–H groups in total. The topological polar surface area (TPSA) is 49.4 Å². The highest BCUT2D eigenvalue weighted by atomic mass is 19.1. The van der Waals surface area contributed by atoms with E-state index >= 15 is 0 Å². The van der Waals surface area contributed by atoms with Crippen molar-refractivity contribution in [2.24, 2.45) is 5.92 Å². The van der Waals surface area contributed by atoms with Gasteiger partial charge in [0.25, 0.3) is 0 Å². The minimum absolute atomic E-state index is 0.0733. The van der Waals surface area contributed by atoms with Gasteiger partial charge in [0.2, 0.25) is 11.8 Å². The first-order valence-electron chi connectivity index (χ1n) is 9.06. The van der Waals surface area contributed by atoms with Crippen molar-refractivity contribution >= 4 is 17.9 Å². The number of piperazine rings is 1. The highest BCUT2D eigenvalue weighted by Crippen LogP contribution is 2.19. The number of hydrogen-bond donors (Lipinski definition) is 1. The van der Waals surface area contributed by atoms with E-state index in [2.05, 4.69) is 5.32 Å². The number of rotatable bonds is 6. The predicted octanol–water partition coefficient (Wildman–Crippen LogP) is 3.52. The molecule has 2 atom stereocenters. The minimum atomic E-state index is -0.729. The van der Waals surface area contributed by atoms with Crippen LogP contribution in [-0.2, 0) is 9.59 Å². The van der Waals surface area contributed by atoms with E-state index in [0.29, 0.717) is 13.0 Å². The first-order chi connectivity index (χ1) is 12.3. The monoisotopic (exact) mass is 364 g/mol. The summed E-state index contributed by atoms with van der Waals surface area (Å²) >= 11 is 0. The summed E-state index contributed by atoms with van der Waals surface area (Å²) in [5.74, 6) is -1.62. The summed E-state index contributed by atoms with van der Waals surface area (Å²) in [5.41, 5.74) is 0.131. The molecule has 1 aromatic carbocycles. The van der Waals surface area contributed by atoms with Crippen LogP contribution in [-0.4, -0.2) is 35.3 Å². The van der Waals surface area contributed by atoms with E-state index in [1.165, 1.54) is 18.2 Å². The second kappa shape index (κ2) is 8.92. The molecule has 1 aliphatic heterocycles. The molecule has 1 heterocycles. The number of carbonyl (C=O) groups is 2. The van der Waals surface area contributed by atoms with Crippen LogP contribution in [0.2, 0.25) is 0 Å². The maximum absolute atomic E-state index is 13.7. The van der Waals surface area contributed by atoms with Gasteiger partial charge in [-0.25, -0.2) is 8.78 Å². The van der Waals surface area contributed by atoms with Gasteiger partial charge in [-0.05, 0) is 37.0 Å². The van der Waals surface area contributed by atoms with Gasteiger partial charge in [-0.1, -0.05) is 27.2 Å². The summed E-state index contributed by atoms with van der Waals surface area (Å²) in [4.78, 5) is 26.7. The van der Waals surface area contributed by atoms with Crippen molar-refractivity contribution in [3.63, 3.8) is 0 Å². The molecule has 1 aliphatic rings. The third-order valence-corrected chi connectivity index (χ3v) is 4.43. The van der Waals surface area contributed by atoms with Gasteiger partial charge in [-0.15, -0.1) is 0 Å². The van der Waals surface area contributed by atoms with Crippen molar-refractivity contribution in [2.45, 2.75) is 52.1 Å². The zero-order valence-corrected chi connectivity index (χ0v) is 15.5. The molecule has 0 saturated carbocycles. The van der Waals surface area contributed by atoms with E-state index in [1.807, 2.05) is 20.8 Å². The number of carbonyl (C=O) groups excluding carboxylic acids is 2. The average molecular weight is 364 g/mol. The van der Waals surface area contributed by atoms with Gasteiger partial charge in [0.05, 0.1) is 0 Å². The smallest absolute Gasteiger partial charge is 0.247 e. The van der Waals surface area contributed by atoms with Crippen molar-refractivity contribution in [1.29, 1.82) is 0 Å². The number of nitrogens with one attached hydrogen (secondary N) is 1. The Morgan fingerprint density at radius 3 is 2.73 bits per heavy atom. The molecule has 142 valence electrons. The van der Waals surface area contributed by atoms with E-state index in [4.69, 9.17) is 0 Å². The summed E-state index contributed by atoms with van der Waals surface area (Å²) < 4.78 is 26.7. The minimum Gasteiger partial charge on any atom is -0.350 e. The Bertz CT molecular complexity index is 688. The molecule has 1 fully saturated rings. The van der Waals surface area contributed by atoms with E-state index < -0.39 is 17.7 Å². The van der Waals surface area contributed by atoms with E-state index in [-0.39, 0.29) is 29.3 Å². The normalized spacial score (nSPS) is 20.7. The maximum Gasteiger partial charge on any atom is 0.247 e. The fourth-order valence-corrected chi connectivity index (χ4v) is 3.18. The molecular weight excluding hydrogens is 338 g/mol. The van der Waals surface area contributed by atoms with Gasteiger partial charge in [-0.3, -0.25) is 9.59 Å². The molecule has 1 saturated heterocycles. The zero-order valence-electron chi connectivity index (χ0n) is 15.5. The van der Waals surface area contributed by atoms with E-state index in [9.17, 15) is 18.4 Å². The van der Waals surface area contributed by atoms with Crippen LogP contribution in [0.1, 0.15) is 45.6 Å². The lowest BCUT2D eigenvalue weighted by molar-refractivity contribution is -0.142. The Morgan fingerprint density at radius 1 is 1.38 bits per heavy atom. The second-order valence-electron chi connectivity index (χ2n) is 7.13. The highest BCUT2D eigenvalue weighted by Gasteiger charge is 2.36. The number of hydrogen-bond acceptors (Lipinski definition) is 2. The molecule has 0 aliphatic carbocycles. The molecule has 0 unspecified atom stereocenters. The Morgan fingerprint density at radius 2 is 2.12 bits per heavy atom. The van der Waals surface area contributed by atoms with Crippen LogP contribution in [0.25, 0.3) is 6.08 Å². The Balaban J connectivity index is 2.19. The van der Waals surface area contributed by atoms with Gasteiger partial charge in [0.15, 0.2) is 0 Å². The molecule has 2 amide bonds. The largest absolute Gasteiger partial charge is 0.350 e. The van der Waals surface area contributed by atoms with Gasteiger partial charge < -0.3 is 10.2 Å². The van der Waals surface area contributed by atoms with Crippen molar-refractivity contribution in [3.8, 4) is 0 Å². The van der Waals surface area contributed by atoms with Crippen LogP contribution in [0.4, 0.5) is 8.78 Å². The molecule has 0 bridgehead atoms. The quantitative estimate of drug-likeness (QED) is 0.785. The lowest BCUT2D eigenvalue weighted by atomic mass is 9.97. The molecule has 2 rings (SSSR count). The number of nitrogens with zero attached hydrogens (tertiary/aromatic N) is 1. The third kappa shape index (κ3) is 5.13. The van der Waals surface area contributed by atoms with Crippen LogP contribution in [0.3, 0.4) is 0 Å². The van der Waals surface area contributed by atoms with E-state index in [1.54, 1.807) is 4.90 Å². The summed E-state index contributed by atoms with van der Waals surface area (Å²) in [5, 5.41) is 2.99. The van der Waals surface area contributed by atoms with E-state index in [0.717, 1.165) is 25.0 Å². The highest BCUT2D eigenvalue weighted by molar-refractivity contribution is 5.96. The summed E-state index contributed by atoms with van der Waals surface area (Å²) in [6.07, 6.45) is 4.84. The maximum atomic E-state index is 13.7. The molecule has 0 aromatic heterocycles. The molecule has 4 nitrogen and oxygen atoms in total. The van der Waals surface area contributed by atoms with Gasteiger partial charge in [0, 0.05) is 30.3 Å². The fraction of sp³-hybridized carbons (Fsp3) is 0.500. The third-order valence-electron chi connectivity index (χ3n) is 4.43. The van der Waals surface area contributed by atoms with Crippen LogP contribution in [0.15, 0.2) is 24.3 Å². The summed E-state index contributed by atoms with van der Waals surface area (Å²) in [7, 11) is 0. The molecular formula is C20H26F2N2O2.